The molecular weight excluding hydrogens is 298 g/mol. The van der Waals surface area contributed by atoms with Crippen molar-refractivity contribution in [2.24, 2.45) is 0 Å². The van der Waals surface area contributed by atoms with Gasteiger partial charge in [-0.25, -0.2) is 13.1 Å². The van der Waals surface area contributed by atoms with Gasteiger partial charge in [0.2, 0.25) is 0 Å². The van der Waals surface area contributed by atoms with Crippen LogP contribution in [0.5, 0.6) is 0 Å². The molecular formula is C12H21N3O3S2. The third-order valence-corrected chi connectivity index (χ3v) is 6.41. The molecule has 1 aliphatic rings. The van der Waals surface area contributed by atoms with E-state index >= 15 is 0 Å². The molecule has 0 radical (unpaired) electrons. The molecule has 0 bridgehead atoms. The second-order valence-electron chi connectivity index (χ2n) is 5.12. The van der Waals surface area contributed by atoms with Crippen molar-refractivity contribution in [1.82, 2.24) is 14.9 Å². The number of aromatic amines is 1. The van der Waals surface area contributed by atoms with E-state index in [1.807, 2.05) is 11.8 Å². The van der Waals surface area contributed by atoms with Gasteiger partial charge in [-0.1, -0.05) is 0 Å². The summed E-state index contributed by atoms with van der Waals surface area (Å²) in [5.41, 5.74) is 0.925. The van der Waals surface area contributed by atoms with E-state index in [2.05, 4.69) is 21.2 Å². The van der Waals surface area contributed by atoms with Gasteiger partial charge in [-0.05, 0) is 38.9 Å². The van der Waals surface area contributed by atoms with Crippen LogP contribution in [-0.2, 0) is 16.6 Å². The highest BCUT2D eigenvalue weighted by Crippen LogP contribution is 2.28. The summed E-state index contributed by atoms with van der Waals surface area (Å²) < 4.78 is 27.4. The van der Waals surface area contributed by atoms with Crippen molar-refractivity contribution >= 4 is 21.8 Å². The van der Waals surface area contributed by atoms with E-state index in [1.165, 1.54) is 0 Å². The van der Waals surface area contributed by atoms with E-state index in [0.29, 0.717) is 16.5 Å². The third-order valence-electron chi connectivity index (χ3n) is 3.78. The highest BCUT2D eigenvalue weighted by molar-refractivity contribution is 7.99. The Bertz CT molecular complexity index is 548. The maximum absolute atomic E-state index is 12.3. The Balaban J connectivity index is 2.08. The lowest BCUT2D eigenvalue weighted by Gasteiger charge is -2.27. The van der Waals surface area contributed by atoms with Gasteiger partial charge in [0, 0.05) is 22.5 Å². The minimum absolute atomic E-state index is 0.0352. The number of hydrogen-bond acceptors (Lipinski definition) is 5. The number of aryl methyl sites for hydroxylation is 1. The largest absolute Gasteiger partial charge is 0.392 e. The molecule has 0 amide bonds. The Morgan fingerprint density at radius 2 is 2.05 bits per heavy atom. The normalized spacial score (nSPS) is 23.9. The van der Waals surface area contributed by atoms with Crippen LogP contribution in [0.2, 0.25) is 0 Å². The summed E-state index contributed by atoms with van der Waals surface area (Å²) in [5.74, 6) is 0. The number of aliphatic hydroxyl groups excluding tert-OH is 1. The Hall–Kier alpha value is -0.570. The Labute approximate surface area is 123 Å². The Morgan fingerprint density at radius 1 is 1.40 bits per heavy atom. The van der Waals surface area contributed by atoms with Crippen LogP contribution >= 0.6 is 11.8 Å². The second kappa shape index (κ2) is 6.46. The maximum Gasteiger partial charge on any atom is 0.260 e. The first-order valence-corrected chi connectivity index (χ1v) is 9.45. The first kappa shape index (κ1) is 15.8. The standard InChI is InChI=1S/C12H21N3O3S2/c1-8-11(7-16)12(14-13-8)20(17,18)15-9-3-5-10(19-2)6-4-9/h9-10,15-16H,3-7H2,1-2H3,(H,13,14). The molecule has 1 heterocycles. The van der Waals surface area contributed by atoms with Crippen LogP contribution < -0.4 is 4.72 Å². The van der Waals surface area contributed by atoms with Gasteiger partial charge >= 0.3 is 0 Å². The van der Waals surface area contributed by atoms with Gasteiger partial charge < -0.3 is 5.11 Å². The number of rotatable bonds is 5. The average Bonchev–Trinajstić information content (AvgIpc) is 2.81. The molecule has 1 aromatic heterocycles. The lowest BCUT2D eigenvalue weighted by atomic mass is 9.96. The van der Waals surface area contributed by atoms with Gasteiger partial charge in [0.1, 0.15) is 0 Å². The quantitative estimate of drug-likeness (QED) is 0.757. The highest BCUT2D eigenvalue weighted by Gasteiger charge is 2.29. The number of nitrogens with one attached hydrogen (secondary N) is 2. The van der Waals surface area contributed by atoms with Crippen LogP contribution in [0.4, 0.5) is 0 Å². The smallest absolute Gasteiger partial charge is 0.260 e. The molecule has 1 fully saturated rings. The van der Waals surface area contributed by atoms with Gasteiger partial charge in [-0.2, -0.15) is 16.9 Å². The zero-order valence-electron chi connectivity index (χ0n) is 11.7. The molecule has 0 unspecified atom stereocenters. The first-order valence-electron chi connectivity index (χ1n) is 6.67. The summed E-state index contributed by atoms with van der Waals surface area (Å²) in [6, 6.07) is -0.0352. The molecule has 114 valence electrons. The predicted molar refractivity (Wildman–Crippen MR) is 79.1 cm³/mol. The van der Waals surface area contributed by atoms with Crippen LogP contribution in [0.3, 0.4) is 0 Å². The molecule has 1 aliphatic carbocycles. The topological polar surface area (TPSA) is 95.1 Å². The zero-order chi connectivity index (χ0) is 14.8. The second-order valence-corrected chi connectivity index (χ2v) is 7.89. The highest BCUT2D eigenvalue weighted by atomic mass is 32.2. The molecule has 2 rings (SSSR count). The van der Waals surface area contributed by atoms with E-state index in [4.69, 9.17) is 0 Å². The van der Waals surface area contributed by atoms with Gasteiger partial charge in [-0.15, -0.1) is 0 Å². The molecule has 8 heteroatoms. The van der Waals surface area contributed by atoms with E-state index in [1.54, 1.807) is 6.92 Å². The fraction of sp³-hybridized carbons (Fsp3) is 0.750. The van der Waals surface area contributed by atoms with Crippen LogP contribution in [0, 0.1) is 6.92 Å². The molecule has 20 heavy (non-hydrogen) atoms. The number of aliphatic hydroxyl groups is 1. The van der Waals surface area contributed by atoms with Crippen molar-refractivity contribution in [3.63, 3.8) is 0 Å². The van der Waals surface area contributed by atoms with Crippen LogP contribution in [0.25, 0.3) is 0 Å². The van der Waals surface area contributed by atoms with Crippen molar-refractivity contribution in [2.75, 3.05) is 6.26 Å². The number of H-pyrrole nitrogens is 1. The molecule has 0 saturated heterocycles. The van der Waals surface area contributed by atoms with E-state index in [0.717, 1.165) is 25.7 Å². The Kier molecular flexibility index (Phi) is 5.11. The molecule has 0 aliphatic heterocycles. The van der Waals surface area contributed by atoms with Crippen LogP contribution in [0.15, 0.2) is 5.03 Å². The van der Waals surface area contributed by atoms with Crippen LogP contribution in [0.1, 0.15) is 36.9 Å². The number of aromatic nitrogens is 2. The Morgan fingerprint density at radius 3 is 2.60 bits per heavy atom. The monoisotopic (exact) mass is 319 g/mol. The van der Waals surface area contributed by atoms with E-state index in [9.17, 15) is 13.5 Å². The maximum atomic E-state index is 12.3. The molecule has 0 atom stereocenters. The molecule has 3 N–H and O–H groups in total. The van der Waals surface area contributed by atoms with Crippen molar-refractivity contribution in [2.45, 2.75) is 55.5 Å². The fourth-order valence-corrected chi connectivity index (χ4v) is 4.77. The zero-order valence-corrected chi connectivity index (χ0v) is 13.4. The van der Waals surface area contributed by atoms with Gasteiger partial charge in [0.05, 0.1) is 6.61 Å². The van der Waals surface area contributed by atoms with E-state index < -0.39 is 10.0 Å². The number of hydrogen-bond donors (Lipinski definition) is 3. The van der Waals surface area contributed by atoms with Crippen molar-refractivity contribution in [3.05, 3.63) is 11.3 Å². The average molecular weight is 319 g/mol. The summed E-state index contributed by atoms with van der Waals surface area (Å²) in [4.78, 5) is 0. The SMILES string of the molecule is CSC1CCC(NS(=O)(=O)c2n[nH]c(C)c2CO)CC1. The van der Waals surface area contributed by atoms with E-state index in [-0.39, 0.29) is 17.7 Å². The van der Waals surface area contributed by atoms with Crippen molar-refractivity contribution in [1.29, 1.82) is 0 Å². The summed E-state index contributed by atoms with van der Waals surface area (Å²) in [7, 11) is -3.67. The lowest BCUT2D eigenvalue weighted by Crippen LogP contribution is -2.38. The lowest BCUT2D eigenvalue weighted by molar-refractivity contribution is 0.277. The van der Waals surface area contributed by atoms with Gasteiger partial charge in [0.25, 0.3) is 10.0 Å². The molecule has 1 aromatic rings. The summed E-state index contributed by atoms with van der Waals surface area (Å²) in [5, 5.41) is 16.3. The number of thioether (sulfide) groups is 1. The minimum Gasteiger partial charge on any atom is -0.392 e. The predicted octanol–water partition coefficient (Wildman–Crippen LogP) is 1.16. The summed E-state index contributed by atoms with van der Waals surface area (Å²) in [6.45, 7) is 1.36. The van der Waals surface area contributed by atoms with Gasteiger partial charge in [0.15, 0.2) is 5.03 Å². The molecule has 0 aromatic carbocycles. The summed E-state index contributed by atoms with van der Waals surface area (Å²) in [6.07, 6.45) is 5.85. The number of sulfonamides is 1. The van der Waals surface area contributed by atoms with Crippen LogP contribution in [-0.4, -0.2) is 41.3 Å². The fourth-order valence-electron chi connectivity index (χ4n) is 2.53. The molecule has 6 nitrogen and oxygen atoms in total. The molecule has 1 saturated carbocycles. The minimum atomic E-state index is -3.67. The van der Waals surface area contributed by atoms with Gasteiger partial charge in [-0.3, -0.25) is 5.10 Å². The third kappa shape index (κ3) is 3.36. The van der Waals surface area contributed by atoms with Crippen molar-refractivity contribution < 1.29 is 13.5 Å². The number of nitrogens with zero attached hydrogens (tertiary/aromatic N) is 1. The first-order chi connectivity index (χ1) is 9.47. The van der Waals surface area contributed by atoms with Crippen molar-refractivity contribution in [3.8, 4) is 0 Å². The molecule has 0 spiro atoms. The summed E-state index contributed by atoms with van der Waals surface area (Å²) >= 11 is 1.84.